The highest BCUT2D eigenvalue weighted by molar-refractivity contribution is 8.26. The van der Waals surface area contributed by atoms with Crippen LogP contribution in [0.4, 0.5) is 4.39 Å². The number of hydrogen-bond donors (Lipinski definition) is 1. The molecular formula is C21H17FN2O4S2. The first-order valence-electron chi connectivity index (χ1n) is 9.16. The SMILES string of the molecule is O=C(Cc1cccc(F)c1)NCCN1C(=O)/C(=C\c2ccc3c(c2)OCO3)SC1=S. The Bertz CT molecular complexity index is 1060. The van der Waals surface area contributed by atoms with Gasteiger partial charge in [-0.25, -0.2) is 4.39 Å². The lowest BCUT2D eigenvalue weighted by molar-refractivity contribution is -0.123. The number of thioether (sulfide) groups is 1. The summed E-state index contributed by atoms with van der Waals surface area (Å²) in [6, 6.07) is 11.3. The van der Waals surface area contributed by atoms with Crippen LogP contribution in [0, 0.1) is 5.82 Å². The van der Waals surface area contributed by atoms with Crippen molar-refractivity contribution in [2.24, 2.45) is 0 Å². The van der Waals surface area contributed by atoms with Crippen LogP contribution in [-0.2, 0) is 16.0 Å². The molecule has 0 aromatic heterocycles. The molecule has 2 aliphatic heterocycles. The zero-order valence-corrected chi connectivity index (χ0v) is 17.4. The van der Waals surface area contributed by atoms with Gasteiger partial charge in [0.15, 0.2) is 11.5 Å². The topological polar surface area (TPSA) is 67.9 Å². The van der Waals surface area contributed by atoms with Crippen LogP contribution >= 0.6 is 24.0 Å². The van der Waals surface area contributed by atoms with E-state index >= 15 is 0 Å². The largest absolute Gasteiger partial charge is 0.454 e. The smallest absolute Gasteiger partial charge is 0.266 e. The summed E-state index contributed by atoms with van der Waals surface area (Å²) >= 11 is 6.53. The first kappa shape index (κ1) is 20.4. The number of carbonyl (C=O) groups excluding carboxylic acids is 2. The quantitative estimate of drug-likeness (QED) is 0.546. The number of ether oxygens (including phenoxy) is 2. The third-order valence-corrected chi connectivity index (χ3v) is 5.86. The Morgan fingerprint density at radius 1 is 1.23 bits per heavy atom. The number of rotatable bonds is 6. The summed E-state index contributed by atoms with van der Waals surface area (Å²) in [6.07, 6.45) is 1.82. The molecule has 2 aromatic carbocycles. The fraction of sp³-hybridized carbons (Fsp3) is 0.190. The van der Waals surface area contributed by atoms with Crippen LogP contribution in [0.3, 0.4) is 0 Å². The molecule has 9 heteroatoms. The van der Waals surface area contributed by atoms with E-state index < -0.39 is 0 Å². The molecule has 2 aliphatic rings. The van der Waals surface area contributed by atoms with Crippen molar-refractivity contribution >= 4 is 46.2 Å². The van der Waals surface area contributed by atoms with Gasteiger partial charge in [-0.2, -0.15) is 0 Å². The van der Waals surface area contributed by atoms with Crippen molar-refractivity contribution in [3.05, 3.63) is 64.3 Å². The lowest BCUT2D eigenvalue weighted by atomic mass is 10.1. The first-order chi connectivity index (χ1) is 14.5. The van der Waals surface area contributed by atoms with Gasteiger partial charge in [0.05, 0.1) is 11.3 Å². The van der Waals surface area contributed by atoms with Gasteiger partial charge in [0.25, 0.3) is 5.91 Å². The van der Waals surface area contributed by atoms with Crippen molar-refractivity contribution in [1.29, 1.82) is 0 Å². The minimum atomic E-state index is -0.382. The average molecular weight is 445 g/mol. The number of carbonyl (C=O) groups is 2. The number of fused-ring (bicyclic) bond motifs is 1. The average Bonchev–Trinajstić information content (AvgIpc) is 3.27. The van der Waals surface area contributed by atoms with E-state index in [4.69, 9.17) is 21.7 Å². The highest BCUT2D eigenvalue weighted by atomic mass is 32.2. The molecule has 4 rings (SSSR count). The molecule has 0 radical (unpaired) electrons. The minimum absolute atomic E-state index is 0.0696. The molecule has 30 heavy (non-hydrogen) atoms. The zero-order valence-electron chi connectivity index (χ0n) is 15.7. The Kier molecular flexibility index (Phi) is 6.01. The van der Waals surface area contributed by atoms with Crippen molar-refractivity contribution in [1.82, 2.24) is 10.2 Å². The maximum Gasteiger partial charge on any atom is 0.266 e. The van der Waals surface area contributed by atoms with Gasteiger partial charge in [0.2, 0.25) is 12.7 Å². The normalized spacial score (nSPS) is 16.4. The lowest BCUT2D eigenvalue weighted by Gasteiger charge is -2.14. The van der Waals surface area contributed by atoms with Crippen molar-refractivity contribution in [3.63, 3.8) is 0 Å². The summed E-state index contributed by atoms with van der Waals surface area (Å²) in [7, 11) is 0. The van der Waals surface area contributed by atoms with Gasteiger partial charge >= 0.3 is 0 Å². The summed E-state index contributed by atoms with van der Waals surface area (Å²) in [5.41, 5.74) is 1.40. The van der Waals surface area contributed by atoms with E-state index in [0.717, 1.165) is 5.56 Å². The fourth-order valence-electron chi connectivity index (χ4n) is 3.05. The number of halogens is 1. The predicted octanol–water partition coefficient (Wildman–Crippen LogP) is 3.11. The monoisotopic (exact) mass is 444 g/mol. The van der Waals surface area contributed by atoms with Gasteiger partial charge in [-0.3, -0.25) is 14.5 Å². The second-order valence-corrected chi connectivity index (χ2v) is 8.28. The van der Waals surface area contributed by atoms with Crippen molar-refractivity contribution < 1.29 is 23.5 Å². The van der Waals surface area contributed by atoms with Gasteiger partial charge in [-0.15, -0.1) is 0 Å². The van der Waals surface area contributed by atoms with Crippen LogP contribution in [0.15, 0.2) is 47.4 Å². The lowest BCUT2D eigenvalue weighted by Crippen LogP contribution is -2.37. The summed E-state index contributed by atoms with van der Waals surface area (Å²) in [6.45, 7) is 0.696. The van der Waals surface area contributed by atoms with E-state index in [1.165, 1.54) is 28.8 Å². The predicted molar refractivity (Wildman–Crippen MR) is 116 cm³/mol. The van der Waals surface area contributed by atoms with Crippen LogP contribution in [0.5, 0.6) is 11.5 Å². The van der Waals surface area contributed by atoms with Crippen molar-refractivity contribution in [3.8, 4) is 11.5 Å². The molecule has 1 saturated heterocycles. The van der Waals surface area contributed by atoms with E-state index in [9.17, 15) is 14.0 Å². The van der Waals surface area contributed by atoms with E-state index in [-0.39, 0.29) is 43.9 Å². The maximum atomic E-state index is 13.2. The molecule has 6 nitrogen and oxygen atoms in total. The third kappa shape index (κ3) is 4.63. The van der Waals surface area contributed by atoms with Gasteiger partial charge < -0.3 is 14.8 Å². The van der Waals surface area contributed by atoms with Crippen molar-refractivity contribution in [2.45, 2.75) is 6.42 Å². The van der Waals surface area contributed by atoms with Crippen LogP contribution in [0.25, 0.3) is 6.08 Å². The second kappa shape index (κ2) is 8.85. The number of amides is 2. The van der Waals surface area contributed by atoms with E-state index in [1.54, 1.807) is 24.3 Å². The Hall–Kier alpha value is -2.91. The van der Waals surface area contributed by atoms with E-state index in [1.807, 2.05) is 12.1 Å². The fourth-order valence-corrected chi connectivity index (χ4v) is 4.36. The molecule has 1 fully saturated rings. The summed E-state index contributed by atoms with van der Waals surface area (Å²) in [5.74, 6) is 0.477. The highest BCUT2D eigenvalue weighted by Gasteiger charge is 2.31. The van der Waals surface area contributed by atoms with Gasteiger partial charge in [0, 0.05) is 13.1 Å². The number of benzene rings is 2. The van der Waals surface area contributed by atoms with Gasteiger partial charge in [-0.05, 0) is 41.5 Å². The van der Waals surface area contributed by atoms with Crippen LogP contribution in [0.2, 0.25) is 0 Å². The Balaban J connectivity index is 1.32. The molecule has 1 N–H and O–H groups in total. The van der Waals surface area contributed by atoms with Crippen molar-refractivity contribution in [2.75, 3.05) is 19.9 Å². The molecule has 0 aliphatic carbocycles. The number of nitrogens with one attached hydrogen (secondary N) is 1. The minimum Gasteiger partial charge on any atom is -0.454 e. The number of hydrogen-bond acceptors (Lipinski definition) is 6. The summed E-state index contributed by atoms with van der Waals surface area (Å²) < 4.78 is 24.3. The van der Waals surface area contributed by atoms with E-state index in [0.29, 0.717) is 26.3 Å². The molecular weight excluding hydrogens is 427 g/mol. The first-order valence-corrected chi connectivity index (χ1v) is 10.4. The Morgan fingerprint density at radius 3 is 2.90 bits per heavy atom. The summed E-state index contributed by atoms with van der Waals surface area (Å²) in [5, 5.41) is 2.74. The molecule has 154 valence electrons. The Labute approximate surface area is 182 Å². The van der Waals surface area contributed by atoms with Crippen LogP contribution < -0.4 is 14.8 Å². The maximum absolute atomic E-state index is 13.2. The zero-order chi connectivity index (χ0) is 21.1. The van der Waals surface area contributed by atoms with Crippen LogP contribution in [-0.4, -0.2) is 40.9 Å². The molecule has 0 bridgehead atoms. The third-order valence-electron chi connectivity index (χ3n) is 4.48. The highest BCUT2D eigenvalue weighted by Crippen LogP contribution is 2.36. The van der Waals surface area contributed by atoms with Gasteiger partial charge in [-0.1, -0.05) is 42.2 Å². The molecule has 2 aromatic rings. The number of nitrogens with zero attached hydrogens (tertiary/aromatic N) is 1. The summed E-state index contributed by atoms with van der Waals surface area (Å²) in [4.78, 5) is 26.7. The van der Waals surface area contributed by atoms with Gasteiger partial charge in [0.1, 0.15) is 10.1 Å². The van der Waals surface area contributed by atoms with E-state index in [2.05, 4.69) is 5.32 Å². The molecule has 2 amide bonds. The molecule has 0 unspecified atom stereocenters. The molecule has 0 saturated carbocycles. The standard InChI is InChI=1S/C21H17FN2O4S2/c22-15-3-1-2-13(8-15)11-19(25)23-6-7-24-20(26)18(30-21(24)29)10-14-4-5-16-17(9-14)28-12-27-16/h1-5,8-10H,6-7,11-12H2,(H,23,25)/b18-10+. The molecule has 0 atom stereocenters. The second-order valence-electron chi connectivity index (χ2n) is 6.60. The molecule has 2 heterocycles. The van der Waals surface area contributed by atoms with Crippen LogP contribution in [0.1, 0.15) is 11.1 Å². The molecule has 0 spiro atoms. The Morgan fingerprint density at radius 2 is 2.07 bits per heavy atom. The number of thiocarbonyl (C=S) groups is 1.